The quantitative estimate of drug-likeness (QED) is 0.420. The SMILES string of the molecule is Cc1c(CO)c(C(C)C)c(Sc2ccc3ccccc3c2)n1Cc1ccncc1. The molecule has 4 aromatic rings. The first kappa shape index (κ1) is 19.7. The third kappa shape index (κ3) is 3.96. The molecule has 0 fully saturated rings. The van der Waals surface area contributed by atoms with Gasteiger partial charge in [-0.2, -0.15) is 0 Å². The Bertz CT molecular complexity index is 1130. The monoisotopic (exact) mass is 402 g/mol. The highest BCUT2D eigenvalue weighted by atomic mass is 32.2. The molecule has 4 rings (SSSR count). The van der Waals surface area contributed by atoms with Crippen molar-refractivity contribution >= 4 is 22.5 Å². The van der Waals surface area contributed by atoms with E-state index in [4.69, 9.17) is 0 Å². The molecule has 0 aliphatic heterocycles. The number of aliphatic hydroxyl groups excluding tert-OH is 1. The first-order valence-corrected chi connectivity index (χ1v) is 10.8. The van der Waals surface area contributed by atoms with Crippen molar-refractivity contribution in [3.05, 3.63) is 89.4 Å². The molecule has 148 valence electrons. The summed E-state index contributed by atoms with van der Waals surface area (Å²) in [5, 5.41) is 13.8. The van der Waals surface area contributed by atoms with Gasteiger partial charge < -0.3 is 9.67 Å². The number of fused-ring (bicyclic) bond motifs is 1. The van der Waals surface area contributed by atoms with Crippen LogP contribution in [0, 0.1) is 6.92 Å². The van der Waals surface area contributed by atoms with Gasteiger partial charge in [-0.15, -0.1) is 0 Å². The average molecular weight is 403 g/mol. The van der Waals surface area contributed by atoms with Crippen LogP contribution in [-0.4, -0.2) is 14.7 Å². The Morgan fingerprint density at radius 1 is 1.00 bits per heavy atom. The Balaban J connectivity index is 1.82. The number of hydrogen-bond acceptors (Lipinski definition) is 3. The van der Waals surface area contributed by atoms with Crippen LogP contribution in [0.5, 0.6) is 0 Å². The number of hydrogen-bond donors (Lipinski definition) is 1. The molecule has 0 aliphatic carbocycles. The predicted molar refractivity (Wildman–Crippen MR) is 121 cm³/mol. The molecule has 2 heterocycles. The lowest BCUT2D eigenvalue weighted by Gasteiger charge is -2.15. The minimum absolute atomic E-state index is 0.0635. The van der Waals surface area contributed by atoms with Gasteiger partial charge in [0.25, 0.3) is 0 Å². The van der Waals surface area contributed by atoms with Crippen LogP contribution in [0.15, 0.2) is 76.9 Å². The lowest BCUT2D eigenvalue weighted by molar-refractivity contribution is 0.279. The molecular formula is C25H26N2OS. The Hall–Kier alpha value is -2.56. The number of rotatable bonds is 6. The minimum atomic E-state index is 0.0635. The fourth-order valence-corrected chi connectivity index (χ4v) is 5.22. The van der Waals surface area contributed by atoms with Crippen LogP contribution in [-0.2, 0) is 13.2 Å². The molecule has 0 amide bonds. The van der Waals surface area contributed by atoms with Gasteiger partial charge in [0, 0.05) is 35.1 Å². The van der Waals surface area contributed by atoms with Crippen molar-refractivity contribution in [1.29, 1.82) is 0 Å². The molecule has 1 N–H and O–H groups in total. The van der Waals surface area contributed by atoms with Crippen molar-refractivity contribution in [2.24, 2.45) is 0 Å². The van der Waals surface area contributed by atoms with Crippen LogP contribution >= 0.6 is 11.8 Å². The molecule has 3 nitrogen and oxygen atoms in total. The Morgan fingerprint density at radius 2 is 1.72 bits per heavy atom. The first-order valence-electron chi connectivity index (χ1n) is 9.96. The van der Waals surface area contributed by atoms with Crippen LogP contribution in [0.2, 0.25) is 0 Å². The summed E-state index contributed by atoms with van der Waals surface area (Å²) in [4.78, 5) is 5.35. The summed E-state index contributed by atoms with van der Waals surface area (Å²) in [7, 11) is 0. The summed E-state index contributed by atoms with van der Waals surface area (Å²) in [6, 6.07) is 19.2. The van der Waals surface area contributed by atoms with E-state index >= 15 is 0 Å². The van der Waals surface area contributed by atoms with Crippen molar-refractivity contribution in [2.45, 2.75) is 49.8 Å². The molecule has 0 saturated carbocycles. The van der Waals surface area contributed by atoms with Gasteiger partial charge in [0.15, 0.2) is 0 Å². The number of benzene rings is 2. The second-order valence-corrected chi connectivity index (χ2v) is 8.71. The molecule has 0 saturated heterocycles. The van der Waals surface area contributed by atoms with E-state index in [1.807, 2.05) is 12.4 Å². The second-order valence-electron chi connectivity index (χ2n) is 7.65. The molecule has 4 heteroatoms. The summed E-state index contributed by atoms with van der Waals surface area (Å²) in [6.07, 6.45) is 3.67. The van der Waals surface area contributed by atoms with E-state index < -0.39 is 0 Å². The Kier molecular flexibility index (Phi) is 5.74. The van der Waals surface area contributed by atoms with E-state index in [1.165, 1.54) is 31.8 Å². The van der Waals surface area contributed by atoms with Gasteiger partial charge in [0.05, 0.1) is 11.6 Å². The summed E-state index contributed by atoms with van der Waals surface area (Å²) in [6.45, 7) is 7.35. The minimum Gasteiger partial charge on any atom is -0.392 e. The van der Waals surface area contributed by atoms with E-state index in [1.54, 1.807) is 11.8 Å². The highest BCUT2D eigenvalue weighted by Gasteiger charge is 2.23. The normalized spacial score (nSPS) is 11.5. The van der Waals surface area contributed by atoms with Gasteiger partial charge in [0.2, 0.25) is 0 Å². The summed E-state index contributed by atoms with van der Waals surface area (Å²) in [5.41, 5.74) is 4.64. The highest BCUT2D eigenvalue weighted by Crippen LogP contribution is 2.40. The van der Waals surface area contributed by atoms with Gasteiger partial charge in [-0.25, -0.2) is 0 Å². The van der Waals surface area contributed by atoms with E-state index in [0.29, 0.717) is 5.92 Å². The van der Waals surface area contributed by atoms with Crippen LogP contribution in [0.1, 0.15) is 42.1 Å². The molecule has 0 bridgehead atoms. The lowest BCUT2D eigenvalue weighted by atomic mass is 10.0. The predicted octanol–water partition coefficient (Wildman–Crippen LogP) is 6.16. The smallest absolute Gasteiger partial charge is 0.0840 e. The van der Waals surface area contributed by atoms with E-state index in [9.17, 15) is 5.11 Å². The fraction of sp³-hybridized carbons (Fsp3) is 0.240. The summed E-state index contributed by atoms with van der Waals surface area (Å²) in [5.74, 6) is 0.331. The van der Waals surface area contributed by atoms with Gasteiger partial charge in [-0.05, 0) is 59.0 Å². The van der Waals surface area contributed by atoms with Crippen molar-refractivity contribution in [2.75, 3.05) is 0 Å². The molecular weight excluding hydrogens is 376 g/mol. The van der Waals surface area contributed by atoms with Crippen molar-refractivity contribution in [1.82, 2.24) is 9.55 Å². The van der Waals surface area contributed by atoms with Gasteiger partial charge in [-0.3, -0.25) is 4.98 Å². The number of aliphatic hydroxyl groups is 1. The van der Waals surface area contributed by atoms with Crippen LogP contribution in [0.3, 0.4) is 0 Å². The van der Waals surface area contributed by atoms with Crippen LogP contribution in [0.4, 0.5) is 0 Å². The van der Waals surface area contributed by atoms with Crippen LogP contribution in [0.25, 0.3) is 10.8 Å². The van der Waals surface area contributed by atoms with Gasteiger partial charge in [-0.1, -0.05) is 55.9 Å². The number of nitrogens with zero attached hydrogens (tertiary/aromatic N) is 2. The maximum atomic E-state index is 10.1. The molecule has 0 spiro atoms. The first-order chi connectivity index (χ1) is 14.1. The zero-order chi connectivity index (χ0) is 20.4. The van der Waals surface area contributed by atoms with Gasteiger partial charge in [0.1, 0.15) is 0 Å². The third-order valence-electron chi connectivity index (χ3n) is 5.40. The Morgan fingerprint density at radius 3 is 2.41 bits per heavy atom. The number of pyridine rings is 1. The lowest BCUT2D eigenvalue weighted by Crippen LogP contribution is -2.04. The molecule has 0 atom stereocenters. The molecule has 0 unspecified atom stereocenters. The second kappa shape index (κ2) is 8.44. The van der Waals surface area contributed by atoms with E-state index in [0.717, 1.165) is 17.8 Å². The van der Waals surface area contributed by atoms with Crippen LogP contribution < -0.4 is 0 Å². The Labute approximate surface area is 176 Å². The van der Waals surface area contributed by atoms with Crippen molar-refractivity contribution in [3.8, 4) is 0 Å². The van der Waals surface area contributed by atoms with Crippen molar-refractivity contribution < 1.29 is 5.11 Å². The topological polar surface area (TPSA) is 38.0 Å². The maximum absolute atomic E-state index is 10.1. The zero-order valence-corrected chi connectivity index (χ0v) is 17.9. The fourth-order valence-electron chi connectivity index (χ4n) is 3.89. The molecule has 0 aliphatic rings. The average Bonchev–Trinajstić information content (AvgIpc) is 3.00. The van der Waals surface area contributed by atoms with E-state index in [2.05, 4.69) is 84.9 Å². The van der Waals surface area contributed by atoms with Crippen molar-refractivity contribution in [3.63, 3.8) is 0 Å². The summed E-state index contributed by atoms with van der Waals surface area (Å²) >= 11 is 1.79. The highest BCUT2D eigenvalue weighted by molar-refractivity contribution is 7.99. The zero-order valence-electron chi connectivity index (χ0n) is 17.1. The molecule has 2 aromatic heterocycles. The molecule has 0 radical (unpaired) electrons. The molecule has 29 heavy (non-hydrogen) atoms. The maximum Gasteiger partial charge on any atom is 0.0840 e. The summed E-state index contributed by atoms with van der Waals surface area (Å²) < 4.78 is 2.34. The molecule has 2 aromatic carbocycles. The van der Waals surface area contributed by atoms with E-state index in [-0.39, 0.29) is 6.61 Å². The van der Waals surface area contributed by atoms with Gasteiger partial charge >= 0.3 is 0 Å². The number of aromatic nitrogens is 2. The standard InChI is InChI=1S/C25H26N2OS/c1-17(2)24-23(16-28)18(3)27(15-19-10-12-26-13-11-19)25(24)29-22-9-8-20-6-4-5-7-21(20)14-22/h4-14,17,28H,15-16H2,1-3H3. The largest absolute Gasteiger partial charge is 0.392 e. The third-order valence-corrected chi connectivity index (χ3v) is 6.53.